The molecule has 5 rings (SSSR count). The van der Waals surface area contributed by atoms with E-state index >= 15 is 0 Å². The Morgan fingerprint density at radius 1 is 1.19 bits per heavy atom. The normalized spacial score (nSPS) is 24.3. The highest BCUT2D eigenvalue weighted by molar-refractivity contribution is 5.88. The number of aromatic carboxylic acids is 1. The molecule has 0 amide bonds. The summed E-state index contributed by atoms with van der Waals surface area (Å²) in [6.45, 7) is 7.07. The largest absolute Gasteiger partial charge is 0.478 e. The van der Waals surface area contributed by atoms with E-state index in [1.54, 1.807) is 12.1 Å². The molecule has 2 aliphatic heterocycles. The molecule has 0 radical (unpaired) electrons. The maximum Gasteiger partial charge on any atom is 0.335 e. The van der Waals surface area contributed by atoms with E-state index in [9.17, 15) is 9.90 Å². The number of H-pyrrole nitrogens is 1. The highest BCUT2D eigenvalue weighted by Gasteiger charge is 2.43. The standard InChI is InChI=1S/C26H30N2O3/c1-17-14-18(2)24-21(8-11-27-24)22(17)16-28-12-10-26(9-3-13-31-26)15-23(28)19-4-6-20(7-5-19)25(29)30/h4-8,11,14,23,27H,3,9-10,12-13,15-16H2,1-2H3,(H,29,30)/t23-,26+/m0/s1. The first-order valence-corrected chi connectivity index (χ1v) is 11.2. The second-order valence-electron chi connectivity index (χ2n) is 9.26. The van der Waals surface area contributed by atoms with Gasteiger partial charge in [0, 0.05) is 42.8 Å². The van der Waals surface area contributed by atoms with Crippen molar-refractivity contribution in [3.8, 4) is 0 Å². The number of benzene rings is 2. The van der Waals surface area contributed by atoms with Gasteiger partial charge in [0.2, 0.25) is 0 Å². The molecule has 1 spiro atoms. The predicted molar refractivity (Wildman–Crippen MR) is 121 cm³/mol. The summed E-state index contributed by atoms with van der Waals surface area (Å²) in [5, 5.41) is 10.6. The third-order valence-corrected chi connectivity index (χ3v) is 7.32. The molecule has 2 fully saturated rings. The number of aromatic nitrogens is 1. The van der Waals surface area contributed by atoms with E-state index in [2.05, 4.69) is 35.9 Å². The SMILES string of the molecule is Cc1cc(C)c2[nH]ccc2c1CN1CC[C@]2(CCCO2)C[C@H]1c1ccc(C(=O)O)cc1. The van der Waals surface area contributed by atoms with Crippen molar-refractivity contribution in [2.24, 2.45) is 0 Å². The Kier molecular flexibility index (Phi) is 5.11. The summed E-state index contributed by atoms with van der Waals surface area (Å²) in [5.74, 6) is -0.882. The van der Waals surface area contributed by atoms with Crippen LogP contribution in [0.15, 0.2) is 42.6 Å². The topological polar surface area (TPSA) is 65.6 Å². The van der Waals surface area contributed by atoms with Crippen molar-refractivity contribution in [1.29, 1.82) is 0 Å². The van der Waals surface area contributed by atoms with E-state index < -0.39 is 5.97 Å². The Bertz CT molecular complexity index is 1110. The van der Waals surface area contributed by atoms with Crippen LogP contribution in [0.4, 0.5) is 0 Å². The summed E-state index contributed by atoms with van der Waals surface area (Å²) in [5.41, 5.74) is 6.67. The van der Waals surface area contributed by atoms with Crippen LogP contribution in [-0.4, -0.2) is 39.7 Å². The lowest BCUT2D eigenvalue weighted by Crippen LogP contribution is -2.45. The molecule has 3 aromatic rings. The van der Waals surface area contributed by atoms with Crippen molar-refractivity contribution in [2.75, 3.05) is 13.2 Å². The van der Waals surface area contributed by atoms with E-state index in [4.69, 9.17) is 4.74 Å². The number of carbonyl (C=O) groups is 1. The van der Waals surface area contributed by atoms with Gasteiger partial charge in [-0.25, -0.2) is 4.79 Å². The number of nitrogens with zero attached hydrogens (tertiary/aromatic N) is 1. The molecule has 2 saturated heterocycles. The predicted octanol–water partition coefficient (Wildman–Crippen LogP) is 5.37. The van der Waals surface area contributed by atoms with Gasteiger partial charge in [0.25, 0.3) is 0 Å². The number of carboxylic acid groups (broad SMARTS) is 1. The van der Waals surface area contributed by atoms with E-state index in [-0.39, 0.29) is 11.6 Å². The number of hydrogen-bond acceptors (Lipinski definition) is 3. The maximum absolute atomic E-state index is 11.3. The smallest absolute Gasteiger partial charge is 0.335 e. The third kappa shape index (κ3) is 3.66. The molecule has 2 aliphatic rings. The number of rotatable bonds is 4. The van der Waals surface area contributed by atoms with Gasteiger partial charge in [-0.05, 0) is 80.0 Å². The van der Waals surface area contributed by atoms with Gasteiger partial charge in [0.15, 0.2) is 0 Å². The zero-order chi connectivity index (χ0) is 21.6. The van der Waals surface area contributed by atoms with Crippen molar-refractivity contribution < 1.29 is 14.6 Å². The fraction of sp³-hybridized carbons (Fsp3) is 0.423. The molecule has 2 N–H and O–H groups in total. The van der Waals surface area contributed by atoms with Crippen LogP contribution in [0.3, 0.4) is 0 Å². The van der Waals surface area contributed by atoms with Gasteiger partial charge in [0.05, 0.1) is 11.2 Å². The monoisotopic (exact) mass is 418 g/mol. The van der Waals surface area contributed by atoms with E-state index in [1.165, 1.54) is 33.2 Å². The zero-order valence-electron chi connectivity index (χ0n) is 18.3. The highest BCUT2D eigenvalue weighted by Crippen LogP contribution is 2.45. The number of likely N-dealkylation sites (tertiary alicyclic amines) is 1. The number of ether oxygens (including phenoxy) is 1. The van der Waals surface area contributed by atoms with Crippen LogP contribution in [0.5, 0.6) is 0 Å². The maximum atomic E-state index is 11.3. The number of piperidine rings is 1. The molecule has 5 heteroatoms. The average Bonchev–Trinajstić information content (AvgIpc) is 3.42. The minimum absolute atomic E-state index is 0.0294. The lowest BCUT2D eigenvalue weighted by Gasteiger charge is -2.45. The molecule has 5 nitrogen and oxygen atoms in total. The quantitative estimate of drug-likeness (QED) is 0.598. The Morgan fingerprint density at radius 2 is 2.00 bits per heavy atom. The number of nitrogens with one attached hydrogen (secondary N) is 1. The summed E-state index contributed by atoms with van der Waals surface area (Å²) in [4.78, 5) is 17.3. The number of aromatic amines is 1. The van der Waals surface area contributed by atoms with Crippen LogP contribution in [0.1, 0.15) is 64.3 Å². The Labute approximate surface area is 183 Å². The number of hydrogen-bond donors (Lipinski definition) is 2. The molecule has 162 valence electrons. The van der Waals surface area contributed by atoms with Crippen LogP contribution in [0, 0.1) is 13.8 Å². The van der Waals surface area contributed by atoms with E-state index in [0.717, 1.165) is 45.4 Å². The number of carboxylic acids is 1. The fourth-order valence-corrected chi connectivity index (χ4v) is 5.62. The van der Waals surface area contributed by atoms with Crippen molar-refractivity contribution in [1.82, 2.24) is 9.88 Å². The van der Waals surface area contributed by atoms with Crippen LogP contribution in [0.25, 0.3) is 10.9 Å². The fourth-order valence-electron chi connectivity index (χ4n) is 5.62. The van der Waals surface area contributed by atoms with E-state index in [0.29, 0.717) is 5.56 Å². The first kappa shape index (κ1) is 20.3. The van der Waals surface area contributed by atoms with Gasteiger partial charge >= 0.3 is 5.97 Å². The zero-order valence-corrected chi connectivity index (χ0v) is 18.3. The molecule has 0 saturated carbocycles. The number of aryl methyl sites for hydroxylation is 2. The molecular formula is C26H30N2O3. The van der Waals surface area contributed by atoms with Crippen molar-refractivity contribution in [2.45, 2.75) is 57.7 Å². The molecular weight excluding hydrogens is 388 g/mol. The molecule has 0 unspecified atom stereocenters. The van der Waals surface area contributed by atoms with Gasteiger partial charge in [-0.2, -0.15) is 0 Å². The van der Waals surface area contributed by atoms with Crippen molar-refractivity contribution in [3.63, 3.8) is 0 Å². The van der Waals surface area contributed by atoms with Gasteiger partial charge in [-0.1, -0.05) is 18.2 Å². The molecule has 0 bridgehead atoms. The van der Waals surface area contributed by atoms with Crippen LogP contribution in [-0.2, 0) is 11.3 Å². The van der Waals surface area contributed by atoms with Crippen LogP contribution >= 0.6 is 0 Å². The lowest BCUT2D eigenvalue weighted by atomic mass is 9.81. The molecule has 31 heavy (non-hydrogen) atoms. The van der Waals surface area contributed by atoms with E-state index in [1.807, 2.05) is 18.3 Å². The Balaban J connectivity index is 1.50. The van der Waals surface area contributed by atoms with Crippen LogP contribution in [0.2, 0.25) is 0 Å². The van der Waals surface area contributed by atoms with Gasteiger partial charge in [-0.15, -0.1) is 0 Å². The summed E-state index contributed by atoms with van der Waals surface area (Å²) in [6, 6.07) is 12.1. The highest BCUT2D eigenvalue weighted by atomic mass is 16.5. The van der Waals surface area contributed by atoms with Crippen LogP contribution < -0.4 is 0 Å². The summed E-state index contributed by atoms with van der Waals surface area (Å²) in [6.07, 6.45) is 6.29. The average molecular weight is 419 g/mol. The van der Waals surface area contributed by atoms with Gasteiger partial charge in [-0.3, -0.25) is 4.90 Å². The first-order valence-electron chi connectivity index (χ1n) is 11.2. The summed E-state index contributed by atoms with van der Waals surface area (Å²) in [7, 11) is 0. The molecule has 3 heterocycles. The molecule has 2 aromatic carbocycles. The molecule has 1 aromatic heterocycles. The molecule has 0 aliphatic carbocycles. The van der Waals surface area contributed by atoms with Crippen molar-refractivity contribution >= 4 is 16.9 Å². The Hall–Kier alpha value is -2.63. The van der Waals surface area contributed by atoms with Crippen molar-refractivity contribution in [3.05, 3.63) is 70.4 Å². The summed E-state index contributed by atoms with van der Waals surface area (Å²) >= 11 is 0. The number of fused-ring (bicyclic) bond motifs is 1. The lowest BCUT2D eigenvalue weighted by molar-refractivity contribution is -0.0675. The molecule has 2 atom stereocenters. The Morgan fingerprint density at radius 3 is 2.71 bits per heavy atom. The second kappa shape index (κ2) is 7.81. The minimum Gasteiger partial charge on any atom is -0.478 e. The second-order valence-corrected chi connectivity index (χ2v) is 9.26. The third-order valence-electron chi connectivity index (χ3n) is 7.32. The van der Waals surface area contributed by atoms with Gasteiger partial charge in [0.1, 0.15) is 0 Å². The van der Waals surface area contributed by atoms with Gasteiger partial charge < -0.3 is 14.8 Å². The summed E-state index contributed by atoms with van der Waals surface area (Å²) < 4.78 is 6.27. The first-order chi connectivity index (χ1) is 15.0. The minimum atomic E-state index is -0.882.